The van der Waals surface area contributed by atoms with Gasteiger partial charge in [-0.25, -0.2) is 9.07 Å². The number of hydrogen-bond acceptors (Lipinski definition) is 6. The number of para-hydroxylation sites is 2. The first kappa shape index (κ1) is 27.1. The third-order valence-electron chi connectivity index (χ3n) is 7.28. The van der Waals surface area contributed by atoms with Gasteiger partial charge in [0.15, 0.2) is 11.5 Å². The van der Waals surface area contributed by atoms with Crippen molar-refractivity contribution in [3.63, 3.8) is 0 Å². The quantitative estimate of drug-likeness (QED) is 0.317. The standard InChI is InChI=1S/C30H32FN5O4/c1-39-26-13-7-10-23(29(26)40-2)28(30(38)32-22-8-3-4-9-22)35(18-20-14-16-21(31)17-15-20)27(37)19-36-25-12-6-5-11-24(25)33-34-36/h5-7,10-17,22,28H,3-4,8-9,18-19H2,1-2H3,(H,32,38). The van der Waals surface area contributed by atoms with Crippen LogP contribution in [0.2, 0.25) is 0 Å². The van der Waals surface area contributed by atoms with Crippen molar-refractivity contribution in [1.29, 1.82) is 0 Å². The molecule has 0 aliphatic heterocycles. The fraction of sp³-hybridized carbons (Fsp3) is 0.333. The van der Waals surface area contributed by atoms with E-state index in [9.17, 15) is 14.0 Å². The number of rotatable bonds is 10. The van der Waals surface area contributed by atoms with Gasteiger partial charge in [-0.05, 0) is 48.7 Å². The van der Waals surface area contributed by atoms with Crippen LogP contribution in [0.3, 0.4) is 0 Å². The Labute approximate surface area is 231 Å². The molecule has 0 bridgehead atoms. The van der Waals surface area contributed by atoms with Crippen molar-refractivity contribution >= 4 is 22.8 Å². The summed E-state index contributed by atoms with van der Waals surface area (Å²) in [6, 6.07) is 17.5. The highest BCUT2D eigenvalue weighted by Crippen LogP contribution is 2.38. The second-order valence-corrected chi connectivity index (χ2v) is 9.86. The Balaban J connectivity index is 1.59. The lowest BCUT2D eigenvalue weighted by molar-refractivity contribution is -0.142. The minimum Gasteiger partial charge on any atom is -0.493 e. The van der Waals surface area contributed by atoms with E-state index in [0.717, 1.165) is 25.7 Å². The number of fused-ring (bicyclic) bond motifs is 1. The molecule has 1 saturated carbocycles. The maximum absolute atomic E-state index is 14.1. The number of amides is 2. The zero-order valence-corrected chi connectivity index (χ0v) is 22.5. The zero-order chi connectivity index (χ0) is 28.1. The number of methoxy groups -OCH3 is 2. The van der Waals surface area contributed by atoms with E-state index >= 15 is 0 Å². The summed E-state index contributed by atoms with van der Waals surface area (Å²) in [5, 5.41) is 11.5. The van der Waals surface area contributed by atoms with Crippen molar-refractivity contribution in [1.82, 2.24) is 25.2 Å². The molecule has 5 rings (SSSR count). The van der Waals surface area contributed by atoms with Gasteiger partial charge in [-0.2, -0.15) is 0 Å². The molecule has 0 spiro atoms. The van der Waals surface area contributed by atoms with Gasteiger partial charge in [0, 0.05) is 18.2 Å². The van der Waals surface area contributed by atoms with Crippen LogP contribution in [-0.2, 0) is 22.7 Å². The van der Waals surface area contributed by atoms with Crippen molar-refractivity contribution in [3.05, 3.63) is 83.7 Å². The summed E-state index contributed by atoms with van der Waals surface area (Å²) in [6.07, 6.45) is 3.83. The second kappa shape index (κ2) is 12.1. The Morgan fingerprint density at radius 2 is 1.77 bits per heavy atom. The smallest absolute Gasteiger partial charge is 0.247 e. The summed E-state index contributed by atoms with van der Waals surface area (Å²) in [5.41, 5.74) is 2.50. The number of nitrogens with zero attached hydrogens (tertiary/aromatic N) is 4. The molecule has 10 heteroatoms. The fourth-order valence-electron chi connectivity index (χ4n) is 5.29. The van der Waals surface area contributed by atoms with Gasteiger partial charge in [0.2, 0.25) is 11.8 Å². The minimum absolute atomic E-state index is 0.0219. The predicted molar refractivity (Wildman–Crippen MR) is 147 cm³/mol. The Morgan fingerprint density at radius 3 is 2.50 bits per heavy atom. The number of halogens is 1. The topological polar surface area (TPSA) is 98.6 Å². The van der Waals surface area contributed by atoms with Crippen molar-refractivity contribution in [2.45, 2.75) is 50.9 Å². The molecule has 1 aliphatic rings. The van der Waals surface area contributed by atoms with Gasteiger partial charge in [-0.3, -0.25) is 9.59 Å². The van der Waals surface area contributed by atoms with Crippen molar-refractivity contribution in [2.75, 3.05) is 14.2 Å². The zero-order valence-electron chi connectivity index (χ0n) is 22.5. The number of aromatic nitrogens is 3. The molecule has 0 radical (unpaired) electrons. The number of nitrogens with one attached hydrogen (secondary N) is 1. The Kier molecular flexibility index (Phi) is 8.23. The van der Waals surface area contributed by atoms with Crippen LogP contribution in [-0.4, -0.2) is 52.0 Å². The van der Waals surface area contributed by atoms with E-state index in [1.54, 1.807) is 30.3 Å². The number of hydrogen-bond donors (Lipinski definition) is 1. The summed E-state index contributed by atoms with van der Waals surface area (Å²) >= 11 is 0. The normalized spacial score (nSPS) is 14.2. The molecule has 1 aliphatic carbocycles. The first-order valence-electron chi connectivity index (χ1n) is 13.3. The van der Waals surface area contributed by atoms with Crippen LogP contribution in [0.4, 0.5) is 4.39 Å². The first-order valence-corrected chi connectivity index (χ1v) is 13.3. The van der Waals surface area contributed by atoms with Crippen LogP contribution < -0.4 is 14.8 Å². The van der Waals surface area contributed by atoms with Crippen LogP contribution in [0.1, 0.15) is 42.9 Å². The van der Waals surface area contributed by atoms with Gasteiger partial charge in [0.05, 0.1) is 19.7 Å². The van der Waals surface area contributed by atoms with Gasteiger partial charge in [0.25, 0.3) is 0 Å². The SMILES string of the molecule is COc1cccc(C(C(=O)NC2CCCC2)N(Cc2ccc(F)cc2)C(=O)Cn2nnc3ccccc32)c1OC. The van der Waals surface area contributed by atoms with E-state index in [0.29, 0.717) is 33.7 Å². The van der Waals surface area contributed by atoms with Crippen LogP contribution in [0.5, 0.6) is 11.5 Å². The van der Waals surface area contributed by atoms with Gasteiger partial charge in [0.1, 0.15) is 23.9 Å². The lowest BCUT2D eigenvalue weighted by Crippen LogP contribution is -2.46. The molecule has 1 atom stereocenters. The predicted octanol–water partition coefficient (Wildman–Crippen LogP) is 4.42. The molecule has 1 unspecified atom stereocenters. The van der Waals surface area contributed by atoms with Crippen LogP contribution in [0.25, 0.3) is 11.0 Å². The Morgan fingerprint density at radius 1 is 1.02 bits per heavy atom. The highest BCUT2D eigenvalue weighted by molar-refractivity contribution is 5.90. The van der Waals surface area contributed by atoms with Gasteiger partial charge >= 0.3 is 0 Å². The summed E-state index contributed by atoms with van der Waals surface area (Å²) in [4.78, 5) is 29.7. The van der Waals surface area contributed by atoms with E-state index in [1.165, 1.54) is 35.9 Å². The molecular formula is C30H32FN5O4. The molecule has 2 amide bonds. The average Bonchev–Trinajstić information content (AvgIpc) is 3.63. The van der Waals surface area contributed by atoms with E-state index in [-0.39, 0.29) is 36.8 Å². The summed E-state index contributed by atoms with van der Waals surface area (Å²) in [7, 11) is 3.02. The van der Waals surface area contributed by atoms with Crippen molar-refractivity contribution in [2.24, 2.45) is 0 Å². The molecule has 4 aromatic rings. The highest BCUT2D eigenvalue weighted by atomic mass is 19.1. The summed E-state index contributed by atoms with van der Waals surface area (Å²) < 4.78 is 26.5. The lowest BCUT2D eigenvalue weighted by Gasteiger charge is -2.33. The van der Waals surface area contributed by atoms with Crippen LogP contribution >= 0.6 is 0 Å². The Bertz CT molecular complexity index is 1480. The third-order valence-corrected chi connectivity index (χ3v) is 7.28. The molecular weight excluding hydrogens is 513 g/mol. The lowest BCUT2D eigenvalue weighted by atomic mass is 10.00. The highest BCUT2D eigenvalue weighted by Gasteiger charge is 2.36. The number of carbonyl (C=O) groups is 2. The van der Waals surface area contributed by atoms with Crippen molar-refractivity contribution in [3.8, 4) is 11.5 Å². The molecule has 1 N–H and O–H groups in total. The number of ether oxygens (including phenoxy) is 2. The number of carbonyl (C=O) groups excluding carboxylic acids is 2. The van der Waals surface area contributed by atoms with E-state index in [4.69, 9.17) is 9.47 Å². The van der Waals surface area contributed by atoms with Crippen LogP contribution in [0, 0.1) is 5.82 Å². The van der Waals surface area contributed by atoms with Crippen LogP contribution in [0.15, 0.2) is 66.7 Å². The molecule has 1 heterocycles. The number of benzene rings is 3. The van der Waals surface area contributed by atoms with Gasteiger partial charge < -0.3 is 19.7 Å². The molecule has 1 fully saturated rings. The largest absolute Gasteiger partial charge is 0.493 e. The summed E-state index contributed by atoms with van der Waals surface area (Å²) in [5.74, 6) is -0.274. The Hall–Kier alpha value is -4.47. The second-order valence-electron chi connectivity index (χ2n) is 9.86. The summed E-state index contributed by atoms with van der Waals surface area (Å²) in [6.45, 7) is -0.101. The van der Waals surface area contributed by atoms with E-state index < -0.39 is 6.04 Å². The maximum Gasteiger partial charge on any atom is 0.247 e. The third kappa shape index (κ3) is 5.75. The van der Waals surface area contributed by atoms with E-state index in [2.05, 4.69) is 15.6 Å². The molecule has 9 nitrogen and oxygen atoms in total. The van der Waals surface area contributed by atoms with Gasteiger partial charge in [-0.15, -0.1) is 5.10 Å². The molecule has 0 saturated heterocycles. The minimum atomic E-state index is -1.06. The maximum atomic E-state index is 14.1. The molecule has 3 aromatic carbocycles. The van der Waals surface area contributed by atoms with E-state index in [1.807, 2.05) is 24.3 Å². The first-order chi connectivity index (χ1) is 19.5. The monoisotopic (exact) mass is 545 g/mol. The molecule has 40 heavy (non-hydrogen) atoms. The average molecular weight is 546 g/mol. The molecule has 1 aromatic heterocycles. The molecule has 208 valence electrons. The fourth-order valence-corrected chi connectivity index (χ4v) is 5.29. The van der Waals surface area contributed by atoms with Crippen molar-refractivity contribution < 1.29 is 23.5 Å². The van der Waals surface area contributed by atoms with Gasteiger partial charge in [-0.1, -0.05) is 54.5 Å².